The van der Waals surface area contributed by atoms with Gasteiger partial charge in [0.05, 0.1) is 0 Å². The fraction of sp³-hybridized carbons (Fsp3) is 0.500. The molecule has 2 rings (SSSR count). The normalized spacial score (nSPS) is 16.6. The van der Waals surface area contributed by atoms with Crippen LogP contribution in [0.2, 0.25) is 0 Å². The number of nitrogens with one attached hydrogen (secondary N) is 1. The van der Waals surface area contributed by atoms with Crippen LogP contribution in [0, 0.1) is 0 Å². The Morgan fingerprint density at radius 1 is 1.27 bits per heavy atom. The number of hydrogen-bond donors (Lipinski definition) is 1. The Morgan fingerprint density at radius 3 is 2.53 bits per heavy atom. The van der Waals surface area contributed by atoms with Crippen molar-refractivity contribution in [3.05, 3.63) is 29.9 Å². The molecule has 0 unspecified atom stereocenters. The molecule has 0 fully saturated rings. The van der Waals surface area contributed by atoms with Crippen molar-refractivity contribution < 1.29 is 0 Å². The second-order valence-electron chi connectivity index (χ2n) is 4.18. The molecule has 3 nitrogen and oxygen atoms in total. The summed E-state index contributed by atoms with van der Waals surface area (Å²) in [6.07, 6.45) is 7.08. The number of nitrogens with zero attached hydrogens (tertiary/aromatic N) is 2. The van der Waals surface area contributed by atoms with Crippen LogP contribution in [-0.4, -0.2) is 23.1 Å². The van der Waals surface area contributed by atoms with Gasteiger partial charge in [-0.2, -0.15) is 0 Å². The lowest BCUT2D eigenvalue weighted by molar-refractivity contribution is 0.733. The molecule has 1 aliphatic heterocycles. The summed E-state index contributed by atoms with van der Waals surface area (Å²) >= 11 is 0. The van der Waals surface area contributed by atoms with Gasteiger partial charge in [0, 0.05) is 18.9 Å². The summed E-state index contributed by atoms with van der Waals surface area (Å²) in [7, 11) is 0. The Balaban J connectivity index is 2.19. The molecule has 0 bridgehead atoms. The fourth-order valence-corrected chi connectivity index (χ4v) is 1.63. The van der Waals surface area contributed by atoms with Gasteiger partial charge in [-0.25, -0.2) is 9.97 Å². The fourth-order valence-electron chi connectivity index (χ4n) is 1.63. The summed E-state index contributed by atoms with van der Waals surface area (Å²) in [6.45, 7) is 6.27. The first-order valence-electron chi connectivity index (χ1n) is 5.49. The molecule has 0 amide bonds. The van der Waals surface area contributed by atoms with Gasteiger partial charge < -0.3 is 5.32 Å². The maximum absolute atomic E-state index is 4.42. The molecule has 0 radical (unpaired) electrons. The van der Waals surface area contributed by atoms with E-state index in [2.05, 4.69) is 35.2 Å². The third-order valence-corrected chi connectivity index (χ3v) is 2.69. The highest BCUT2D eigenvalue weighted by Crippen LogP contribution is 2.17. The van der Waals surface area contributed by atoms with Crippen LogP contribution < -0.4 is 5.32 Å². The van der Waals surface area contributed by atoms with Gasteiger partial charge >= 0.3 is 0 Å². The van der Waals surface area contributed by atoms with Crippen molar-refractivity contribution in [2.24, 2.45) is 0 Å². The van der Waals surface area contributed by atoms with Gasteiger partial charge in [-0.05, 0) is 30.0 Å². The Kier molecular flexibility index (Phi) is 3.11. The Labute approximate surface area is 90.6 Å². The highest BCUT2D eigenvalue weighted by molar-refractivity contribution is 5.60. The van der Waals surface area contributed by atoms with Gasteiger partial charge in [0.25, 0.3) is 0 Å². The average Bonchev–Trinajstić information content (AvgIpc) is 2.30. The molecule has 0 aromatic carbocycles. The minimum absolute atomic E-state index is 0.501. The number of aromatic nitrogens is 2. The Bertz CT molecular complexity index is 352. The van der Waals surface area contributed by atoms with E-state index in [1.165, 1.54) is 11.1 Å². The zero-order valence-corrected chi connectivity index (χ0v) is 9.33. The SMILES string of the molecule is CC(C)c1cnc(C2=CCNCC2)nc1. The maximum atomic E-state index is 4.42. The van der Waals surface area contributed by atoms with E-state index in [1.807, 2.05) is 12.4 Å². The monoisotopic (exact) mass is 203 g/mol. The zero-order chi connectivity index (χ0) is 10.7. The Hall–Kier alpha value is -1.22. The molecule has 1 aromatic heterocycles. The van der Waals surface area contributed by atoms with Crippen molar-refractivity contribution in [3.8, 4) is 0 Å². The average molecular weight is 203 g/mol. The molecule has 0 spiro atoms. The number of hydrogen-bond acceptors (Lipinski definition) is 3. The van der Waals surface area contributed by atoms with Gasteiger partial charge in [-0.1, -0.05) is 19.9 Å². The molecule has 2 heterocycles. The summed E-state index contributed by atoms with van der Waals surface area (Å²) < 4.78 is 0. The summed E-state index contributed by atoms with van der Waals surface area (Å²) in [5.41, 5.74) is 2.47. The second kappa shape index (κ2) is 4.53. The van der Waals surface area contributed by atoms with E-state index in [9.17, 15) is 0 Å². The van der Waals surface area contributed by atoms with Gasteiger partial charge in [-0.15, -0.1) is 0 Å². The van der Waals surface area contributed by atoms with Crippen LogP contribution in [0.15, 0.2) is 18.5 Å². The summed E-state index contributed by atoms with van der Waals surface area (Å²) in [6, 6.07) is 0. The van der Waals surface area contributed by atoms with Crippen LogP contribution in [-0.2, 0) is 0 Å². The van der Waals surface area contributed by atoms with Gasteiger partial charge in [0.2, 0.25) is 0 Å². The Morgan fingerprint density at radius 2 is 2.00 bits per heavy atom. The standard InChI is InChI=1S/C12H17N3/c1-9(2)11-7-14-12(15-8-11)10-3-5-13-6-4-10/h3,7-9,13H,4-6H2,1-2H3. The van der Waals surface area contributed by atoms with Crippen molar-refractivity contribution >= 4 is 5.57 Å². The van der Waals surface area contributed by atoms with E-state index in [0.29, 0.717) is 5.92 Å². The lowest BCUT2D eigenvalue weighted by Crippen LogP contribution is -2.20. The van der Waals surface area contributed by atoms with Crippen LogP contribution in [0.1, 0.15) is 37.6 Å². The summed E-state index contributed by atoms with van der Waals surface area (Å²) in [5.74, 6) is 1.39. The van der Waals surface area contributed by atoms with E-state index in [-0.39, 0.29) is 0 Å². The largest absolute Gasteiger partial charge is 0.313 e. The van der Waals surface area contributed by atoms with Crippen LogP contribution in [0.5, 0.6) is 0 Å². The van der Waals surface area contributed by atoms with Crippen LogP contribution in [0.3, 0.4) is 0 Å². The van der Waals surface area contributed by atoms with Crippen molar-refractivity contribution in [1.82, 2.24) is 15.3 Å². The molecule has 0 atom stereocenters. The molecule has 0 saturated carbocycles. The molecular weight excluding hydrogens is 186 g/mol. The minimum Gasteiger partial charge on any atom is -0.313 e. The van der Waals surface area contributed by atoms with Crippen molar-refractivity contribution in [2.45, 2.75) is 26.2 Å². The lowest BCUT2D eigenvalue weighted by Gasteiger charge is -2.13. The quantitative estimate of drug-likeness (QED) is 0.798. The van der Waals surface area contributed by atoms with Crippen LogP contribution >= 0.6 is 0 Å². The molecule has 15 heavy (non-hydrogen) atoms. The first-order chi connectivity index (χ1) is 7.27. The second-order valence-corrected chi connectivity index (χ2v) is 4.18. The van der Waals surface area contributed by atoms with E-state index >= 15 is 0 Å². The van der Waals surface area contributed by atoms with E-state index in [1.54, 1.807) is 0 Å². The maximum Gasteiger partial charge on any atom is 0.154 e. The lowest BCUT2D eigenvalue weighted by atomic mass is 10.1. The molecule has 1 aliphatic rings. The molecule has 3 heteroatoms. The van der Waals surface area contributed by atoms with Gasteiger partial charge in [-0.3, -0.25) is 0 Å². The van der Waals surface area contributed by atoms with E-state index in [0.717, 1.165) is 25.3 Å². The molecule has 1 aromatic rings. The number of rotatable bonds is 2. The van der Waals surface area contributed by atoms with Gasteiger partial charge in [0.1, 0.15) is 0 Å². The van der Waals surface area contributed by atoms with Crippen molar-refractivity contribution in [2.75, 3.05) is 13.1 Å². The third kappa shape index (κ3) is 2.42. The zero-order valence-electron chi connectivity index (χ0n) is 9.33. The topological polar surface area (TPSA) is 37.8 Å². The van der Waals surface area contributed by atoms with Crippen LogP contribution in [0.4, 0.5) is 0 Å². The smallest absolute Gasteiger partial charge is 0.154 e. The molecule has 0 saturated heterocycles. The highest BCUT2D eigenvalue weighted by Gasteiger charge is 2.08. The van der Waals surface area contributed by atoms with Gasteiger partial charge in [0.15, 0.2) is 5.82 Å². The summed E-state index contributed by atoms with van der Waals surface area (Å²) in [4.78, 5) is 8.83. The molecule has 80 valence electrons. The van der Waals surface area contributed by atoms with Crippen molar-refractivity contribution in [3.63, 3.8) is 0 Å². The predicted octanol–water partition coefficient (Wildman–Crippen LogP) is 1.98. The summed E-state index contributed by atoms with van der Waals surface area (Å²) in [5, 5.41) is 3.28. The van der Waals surface area contributed by atoms with E-state index < -0.39 is 0 Å². The third-order valence-electron chi connectivity index (χ3n) is 2.69. The molecule has 0 aliphatic carbocycles. The predicted molar refractivity (Wildman–Crippen MR) is 61.6 cm³/mol. The van der Waals surface area contributed by atoms with E-state index in [4.69, 9.17) is 0 Å². The van der Waals surface area contributed by atoms with Crippen molar-refractivity contribution in [1.29, 1.82) is 0 Å². The first kappa shape index (κ1) is 10.3. The highest BCUT2D eigenvalue weighted by atomic mass is 14.9. The van der Waals surface area contributed by atoms with Crippen LogP contribution in [0.25, 0.3) is 5.57 Å². The molecular formula is C12H17N3. The molecule has 1 N–H and O–H groups in total. The first-order valence-corrected chi connectivity index (χ1v) is 5.49. The minimum atomic E-state index is 0.501.